The Morgan fingerprint density at radius 2 is 2.18 bits per heavy atom. The van der Waals surface area contributed by atoms with Crippen LogP contribution in [0.2, 0.25) is 0 Å². The van der Waals surface area contributed by atoms with Gasteiger partial charge in [-0.15, -0.1) is 0 Å². The molecule has 2 N–H and O–H groups in total. The van der Waals surface area contributed by atoms with Gasteiger partial charge in [-0.2, -0.15) is 0 Å². The summed E-state index contributed by atoms with van der Waals surface area (Å²) >= 11 is 0. The normalized spacial score (nSPS) is 20.2. The molecule has 2 rings (SSSR count). The lowest BCUT2D eigenvalue weighted by molar-refractivity contribution is 0.388. The number of nitrogens with one attached hydrogen (secondary N) is 2. The number of halogens is 2. The lowest BCUT2D eigenvalue weighted by Crippen LogP contribution is -2.35. The van der Waals surface area contributed by atoms with Gasteiger partial charge in [0.15, 0.2) is 0 Å². The Balaban J connectivity index is 1.79. The zero-order chi connectivity index (χ0) is 12.1. The molecule has 2 nitrogen and oxygen atoms in total. The van der Waals surface area contributed by atoms with Crippen molar-refractivity contribution in [2.75, 3.05) is 18.4 Å². The van der Waals surface area contributed by atoms with Gasteiger partial charge in [0, 0.05) is 12.6 Å². The minimum absolute atomic E-state index is 0.251. The quantitative estimate of drug-likeness (QED) is 0.845. The van der Waals surface area contributed by atoms with Crippen molar-refractivity contribution in [2.24, 2.45) is 0 Å². The monoisotopic (exact) mass is 240 g/mol. The van der Waals surface area contributed by atoms with E-state index in [1.807, 2.05) is 0 Å². The van der Waals surface area contributed by atoms with Crippen molar-refractivity contribution in [3.05, 3.63) is 29.8 Å². The van der Waals surface area contributed by atoms with Crippen LogP contribution in [-0.4, -0.2) is 19.1 Å². The van der Waals surface area contributed by atoms with Crippen molar-refractivity contribution in [3.8, 4) is 0 Å². The van der Waals surface area contributed by atoms with Crippen LogP contribution in [0.4, 0.5) is 14.5 Å². The van der Waals surface area contributed by atoms with Crippen LogP contribution in [0.25, 0.3) is 0 Å². The molecule has 1 fully saturated rings. The van der Waals surface area contributed by atoms with E-state index in [4.69, 9.17) is 0 Å². The molecule has 0 amide bonds. The van der Waals surface area contributed by atoms with E-state index in [2.05, 4.69) is 10.6 Å². The topological polar surface area (TPSA) is 24.1 Å². The van der Waals surface area contributed by atoms with Gasteiger partial charge in [-0.25, -0.2) is 8.78 Å². The molecule has 17 heavy (non-hydrogen) atoms. The molecule has 0 aliphatic carbocycles. The second kappa shape index (κ2) is 5.96. The average molecular weight is 240 g/mol. The summed E-state index contributed by atoms with van der Waals surface area (Å²) in [6.45, 7) is 1.73. The third-order valence-electron chi connectivity index (χ3n) is 3.15. The van der Waals surface area contributed by atoms with Crippen LogP contribution >= 0.6 is 0 Å². The fourth-order valence-corrected chi connectivity index (χ4v) is 2.18. The predicted octanol–water partition coefficient (Wildman–Crippen LogP) is 2.91. The van der Waals surface area contributed by atoms with Crippen molar-refractivity contribution >= 4 is 5.69 Å². The summed E-state index contributed by atoms with van der Waals surface area (Å²) in [5.41, 5.74) is 0.251. The Kier molecular flexibility index (Phi) is 4.31. The van der Waals surface area contributed by atoms with E-state index < -0.39 is 11.6 Å². The van der Waals surface area contributed by atoms with Crippen LogP contribution in [0, 0.1) is 11.6 Å². The van der Waals surface area contributed by atoms with E-state index in [-0.39, 0.29) is 5.69 Å². The van der Waals surface area contributed by atoms with E-state index in [1.54, 1.807) is 0 Å². The molecule has 1 aromatic carbocycles. The van der Waals surface area contributed by atoms with Gasteiger partial charge in [-0.05, 0) is 44.0 Å². The maximum Gasteiger partial charge on any atom is 0.146 e. The van der Waals surface area contributed by atoms with Gasteiger partial charge in [-0.3, -0.25) is 0 Å². The highest BCUT2D eigenvalue weighted by Gasteiger charge is 2.12. The number of hydrogen-bond donors (Lipinski definition) is 2. The van der Waals surface area contributed by atoms with E-state index in [0.29, 0.717) is 12.6 Å². The van der Waals surface area contributed by atoms with Crippen LogP contribution in [-0.2, 0) is 0 Å². The highest BCUT2D eigenvalue weighted by molar-refractivity contribution is 5.44. The van der Waals surface area contributed by atoms with Crippen LogP contribution in [0.5, 0.6) is 0 Å². The highest BCUT2D eigenvalue weighted by atomic mass is 19.1. The maximum absolute atomic E-state index is 13.3. The Morgan fingerprint density at radius 1 is 1.29 bits per heavy atom. The molecule has 1 saturated heterocycles. The largest absolute Gasteiger partial charge is 0.383 e. The fourth-order valence-electron chi connectivity index (χ4n) is 2.18. The van der Waals surface area contributed by atoms with Crippen LogP contribution in [0.1, 0.15) is 25.7 Å². The summed E-state index contributed by atoms with van der Waals surface area (Å²) in [5.74, 6) is -0.812. The summed E-state index contributed by atoms with van der Waals surface area (Å²) in [5, 5.41) is 6.37. The van der Waals surface area contributed by atoms with Gasteiger partial charge in [0.25, 0.3) is 0 Å². The van der Waals surface area contributed by atoms with Crippen molar-refractivity contribution < 1.29 is 8.78 Å². The average Bonchev–Trinajstić information content (AvgIpc) is 2.35. The van der Waals surface area contributed by atoms with Gasteiger partial charge < -0.3 is 10.6 Å². The first-order valence-electron chi connectivity index (χ1n) is 6.18. The highest BCUT2D eigenvalue weighted by Crippen LogP contribution is 2.16. The summed E-state index contributed by atoms with van der Waals surface area (Å²) in [6, 6.07) is 3.98. The first-order valence-corrected chi connectivity index (χ1v) is 6.18. The first-order chi connectivity index (χ1) is 8.25. The molecule has 1 aliphatic rings. The molecule has 1 unspecified atom stereocenters. The number of benzene rings is 1. The van der Waals surface area contributed by atoms with Gasteiger partial charge in [-0.1, -0.05) is 6.42 Å². The molecule has 0 spiro atoms. The number of anilines is 1. The van der Waals surface area contributed by atoms with Crippen molar-refractivity contribution in [2.45, 2.75) is 31.7 Å². The van der Waals surface area contributed by atoms with Gasteiger partial charge in [0.1, 0.15) is 11.6 Å². The zero-order valence-corrected chi connectivity index (χ0v) is 9.81. The second-order valence-corrected chi connectivity index (χ2v) is 4.49. The predicted molar refractivity (Wildman–Crippen MR) is 65.1 cm³/mol. The molecular weight excluding hydrogens is 222 g/mol. The molecule has 1 heterocycles. The van der Waals surface area contributed by atoms with Crippen LogP contribution in [0.3, 0.4) is 0 Å². The van der Waals surface area contributed by atoms with Gasteiger partial charge in [0.2, 0.25) is 0 Å². The molecule has 1 aliphatic heterocycles. The van der Waals surface area contributed by atoms with Crippen LogP contribution < -0.4 is 10.6 Å². The minimum Gasteiger partial charge on any atom is -0.383 e. The lowest BCUT2D eigenvalue weighted by Gasteiger charge is -2.23. The zero-order valence-electron chi connectivity index (χ0n) is 9.81. The van der Waals surface area contributed by atoms with Crippen molar-refractivity contribution in [1.82, 2.24) is 5.32 Å². The standard InChI is InChI=1S/C13H18F2N2/c14-10-4-5-12(15)13(9-10)17-8-6-11-3-1-2-7-16-11/h4-5,9,11,16-17H,1-3,6-8H2. The number of rotatable bonds is 4. The lowest BCUT2D eigenvalue weighted by atomic mass is 10.0. The Morgan fingerprint density at radius 3 is 2.94 bits per heavy atom. The molecular formula is C13H18F2N2. The Bertz CT molecular complexity index is 362. The second-order valence-electron chi connectivity index (χ2n) is 4.49. The molecule has 0 radical (unpaired) electrons. The molecule has 94 valence electrons. The summed E-state index contributed by atoms with van der Waals surface area (Å²) in [7, 11) is 0. The molecule has 0 saturated carbocycles. The number of hydrogen-bond acceptors (Lipinski definition) is 2. The molecule has 0 aromatic heterocycles. The van der Waals surface area contributed by atoms with Crippen LogP contribution in [0.15, 0.2) is 18.2 Å². The molecule has 1 atom stereocenters. The molecule has 0 bridgehead atoms. The van der Waals surface area contributed by atoms with Gasteiger partial charge in [0.05, 0.1) is 5.69 Å². The Hall–Kier alpha value is -1.16. The number of piperidine rings is 1. The van der Waals surface area contributed by atoms with Crippen molar-refractivity contribution in [1.29, 1.82) is 0 Å². The van der Waals surface area contributed by atoms with E-state index >= 15 is 0 Å². The fraction of sp³-hybridized carbons (Fsp3) is 0.538. The summed E-state index contributed by atoms with van der Waals surface area (Å²) in [4.78, 5) is 0. The maximum atomic E-state index is 13.3. The van der Waals surface area contributed by atoms with E-state index in [0.717, 1.165) is 25.1 Å². The summed E-state index contributed by atoms with van der Waals surface area (Å²) in [6.07, 6.45) is 4.61. The summed E-state index contributed by atoms with van der Waals surface area (Å²) < 4.78 is 26.2. The molecule has 4 heteroatoms. The SMILES string of the molecule is Fc1ccc(F)c(NCCC2CCCCN2)c1. The van der Waals surface area contributed by atoms with Gasteiger partial charge >= 0.3 is 0 Å². The van der Waals surface area contributed by atoms with E-state index in [9.17, 15) is 8.78 Å². The first kappa shape index (κ1) is 12.3. The third kappa shape index (κ3) is 3.66. The van der Waals surface area contributed by atoms with E-state index in [1.165, 1.54) is 25.3 Å². The third-order valence-corrected chi connectivity index (χ3v) is 3.15. The Labute approximate surface area is 100 Å². The molecule has 1 aromatic rings. The van der Waals surface area contributed by atoms with Crippen molar-refractivity contribution in [3.63, 3.8) is 0 Å². The minimum atomic E-state index is -0.412. The smallest absolute Gasteiger partial charge is 0.146 e.